The first-order chi connectivity index (χ1) is 8.86. The van der Waals surface area contributed by atoms with E-state index in [-0.39, 0.29) is 29.6 Å². The Morgan fingerprint density at radius 1 is 1.26 bits per heavy atom. The van der Waals surface area contributed by atoms with Gasteiger partial charge in [0.2, 0.25) is 5.91 Å². The molecule has 2 rings (SSSR count). The minimum atomic E-state index is -0.369. The van der Waals surface area contributed by atoms with Gasteiger partial charge in [0.25, 0.3) is 0 Å². The van der Waals surface area contributed by atoms with Gasteiger partial charge in [0, 0.05) is 18.5 Å². The number of carbonyl (C=O) groups excluding carboxylic acids is 1. The molecule has 1 aliphatic heterocycles. The maximum Gasteiger partial charge on any atom is 0.228 e. The molecule has 1 saturated heterocycles. The van der Waals surface area contributed by atoms with E-state index in [0.29, 0.717) is 13.1 Å². The van der Waals surface area contributed by atoms with Crippen LogP contribution >= 0.6 is 0 Å². The molecule has 19 heavy (non-hydrogen) atoms. The topological polar surface area (TPSA) is 49.8 Å². The lowest BCUT2D eigenvalue weighted by Crippen LogP contribution is -2.58. The Labute approximate surface area is 116 Å². The monoisotopic (exact) mass is 269 g/mol. The van der Waals surface area contributed by atoms with Crippen LogP contribution in [-0.2, 0) is 9.53 Å². The Morgan fingerprint density at radius 2 is 1.89 bits per heavy atom. The Morgan fingerprint density at radius 3 is 2.47 bits per heavy atom. The van der Waals surface area contributed by atoms with Crippen LogP contribution in [0.2, 0.25) is 0 Å². The van der Waals surface area contributed by atoms with E-state index in [9.17, 15) is 9.90 Å². The second-order valence-corrected chi connectivity index (χ2v) is 6.99. The van der Waals surface area contributed by atoms with Crippen LogP contribution in [0, 0.1) is 5.41 Å². The van der Waals surface area contributed by atoms with E-state index in [1.165, 1.54) is 6.42 Å². The molecule has 1 atom stereocenters. The summed E-state index contributed by atoms with van der Waals surface area (Å²) in [5.41, 5.74) is -0.571. The van der Waals surface area contributed by atoms with Gasteiger partial charge in [-0.1, -0.05) is 26.2 Å². The summed E-state index contributed by atoms with van der Waals surface area (Å²) in [6.07, 6.45) is 5.29. The predicted molar refractivity (Wildman–Crippen MR) is 73.8 cm³/mol. The second kappa shape index (κ2) is 5.41. The maximum atomic E-state index is 12.8. The molecule has 0 aromatic rings. The van der Waals surface area contributed by atoms with Crippen molar-refractivity contribution in [3.63, 3.8) is 0 Å². The van der Waals surface area contributed by atoms with Crippen molar-refractivity contribution in [1.82, 2.24) is 4.90 Å². The van der Waals surface area contributed by atoms with Crippen molar-refractivity contribution in [2.45, 2.75) is 64.6 Å². The molecule has 1 unspecified atom stereocenters. The van der Waals surface area contributed by atoms with Gasteiger partial charge in [0.1, 0.15) is 0 Å². The third-order valence-electron chi connectivity index (χ3n) is 4.45. The third kappa shape index (κ3) is 3.29. The quantitative estimate of drug-likeness (QED) is 0.833. The smallest absolute Gasteiger partial charge is 0.228 e. The molecule has 4 nitrogen and oxygen atoms in total. The Kier molecular flexibility index (Phi) is 4.21. The van der Waals surface area contributed by atoms with Crippen LogP contribution in [0.5, 0.6) is 0 Å². The van der Waals surface area contributed by atoms with Gasteiger partial charge < -0.3 is 14.7 Å². The third-order valence-corrected chi connectivity index (χ3v) is 4.45. The van der Waals surface area contributed by atoms with E-state index in [1.54, 1.807) is 0 Å². The van der Waals surface area contributed by atoms with Crippen molar-refractivity contribution >= 4 is 5.91 Å². The molecule has 110 valence electrons. The average molecular weight is 269 g/mol. The molecular weight excluding hydrogens is 242 g/mol. The van der Waals surface area contributed by atoms with Gasteiger partial charge in [-0.3, -0.25) is 4.79 Å². The van der Waals surface area contributed by atoms with E-state index < -0.39 is 0 Å². The first kappa shape index (κ1) is 14.8. The van der Waals surface area contributed by atoms with Crippen molar-refractivity contribution in [3.05, 3.63) is 0 Å². The van der Waals surface area contributed by atoms with Crippen molar-refractivity contribution in [2.24, 2.45) is 5.41 Å². The molecule has 1 amide bonds. The normalized spacial score (nSPS) is 30.1. The number of amides is 1. The summed E-state index contributed by atoms with van der Waals surface area (Å²) < 4.78 is 5.78. The van der Waals surface area contributed by atoms with Crippen molar-refractivity contribution in [3.8, 4) is 0 Å². The first-order valence-electron chi connectivity index (χ1n) is 7.44. The summed E-state index contributed by atoms with van der Waals surface area (Å²) in [5, 5.41) is 9.33. The van der Waals surface area contributed by atoms with Crippen LogP contribution in [0.25, 0.3) is 0 Å². The SMILES string of the molecule is CC1(C)CN(C(=O)C2(C)CCCCC2)CC(CO)O1. The Hall–Kier alpha value is -0.610. The van der Waals surface area contributed by atoms with Gasteiger partial charge in [0.05, 0.1) is 18.3 Å². The number of hydrogen-bond acceptors (Lipinski definition) is 3. The second-order valence-electron chi connectivity index (χ2n) is 6.99. The van der Waals surface area contributed by atoms with Crippen molar-refractivity contribution in [2.75, 3.05) is 19.7 Å². The lowest BCUT2D eigenvalue weighted by atomic mass is 9.74. The highest BCUT2D eigenvalue weighted by Crippen LogP contribution is 2.38. The minimum absolute atomic E-state index is 0.0239. The van der Waals surface area contributed by atoms with E-state index in [2.05, 4.69) is 6.92 Å². The summed E-state index contributed by atoms with van der Waals surface area (Å²) in [7, 11) is 0. The fraction of sp³-hybridized carbons (Fsp3) is 0.933. The summed E-state index contributed by atoms with van der Waals surface area (Å²) in [4.78, 5) is 14.7. The number of aliphatic hydroxyl groups excluding tert-OH is 1. The fourth-order valence-corrected chi connectivity index (χ4v) is 3.47. The molecule has 0 radical (unpaired) electrons. The van der Waals surface area contributed by atoms with Crippen LogP contribution in [0.4, 0.5) is 0 Å². The number of hydrogen-bond donors (Lipinski definition) is 1. The van der Waals surface area contributed by atoms with E-state index in [1.807, 2.05) is 18.7 Å². The Balaban J connectivity index is 2.09. The molecule has 4 heteroatoms. The standard InChI is InChI=1S/C15H27NO3/c1-14(2)11-16(9-12(10-17)19-14)13(18)15(3)7-5-4-6-8-15/h12,17H,4-11H2,1-3H3. The fourth-order valence-electron chi connectivity index (χ4n) is 3.47. The average Bonchev–Trinajstić information content (AvgIpc) is 2.36. The van der Waals surface area contributed by atoms with Gasteiger partial charge in [-0.15, -0.1) is 0 Å². The lowest BCUT2D eigenvalue weighted by molar-refractivity contribution is -0.175. The van der Waals surface area contributed by atoms with E-state index in [4.69, 9.17) is 4.74 Å². The highest BCUT2D eigenvalue weighted by atomic mass is 16.5. The van der Waals surface area contributed by atoms with Gasteiger partial charge in [-0.05, 0) is 26.7 Å². The van der Waals surface area contributed by atoms with Crippen LogP contribution in [0.15, 0.2) is 0 Å². The minimum Gasteiger partial charge on any atom is -0.394 e. The molecule has 1 N–H and O–H groups in total. The molecule has 0 bridgehead atoms. The Bertz CT molecular complexity index is 334. The van der Waals surface area contributed by atoms with Crippen LogP contribution < -0.4 is 0 Å². The van der Waals surface area contributed by atoms with Crippen LogP contribution in [-0.4, -0.2) is 47.3 Å². The zero-order valence-electron chi connectivity index (χ0n) is 12.4. The highest BCUT2D eigenvalue weighted by Gasteiger charge is 2.42. The van der Waals surface area contributed by atoms with Gasteiger partial charge in [-0.2, -0.15) is 0 Å². The van der Waals surface area contributed by atoms with Gasteiger partial charge >= 0.3 is 0 Å². The number of morpholine rings is 1. The zero-order valence-corrected chi connectivity index (χ0v) is 12.4. The van der Waals surface area contributed by atoms with Crippen LogP contribution in [0.3, 0.4) is 0 Å². The van der Waals surface area contributed by atoms with Gasteiger partial charge in [0.15, 0.2) is 0 Å². The molecule has 2 fully saturated rings. The number of aliphatic hydroxyl groups is 1. The molecular formula is C15H27NO3. The molecule has 0 aromatic heterocycles. The summed E-state index contributed by atoms with van der Waals surface area (Å²) in [5.74, 6) is 0.252. The number of rotatable bonds is 2. The molecule has 1 saturated carbocycles. The number of carbonyl (C=O) groups is 1. The van der Waals surface area contributed by atoms with Gasteiger partial charge in [-0.25, -0.2) is 0 Å². The zero-order chi connectivity index (χ0) is 14.1. The predicted octanol–water partition coefficient (Wildman–Crippen LogP) is 1.96. The summed E-state index contributed by atoms with van der Waals surface area (Å²) >= 11 is 0. The first-order valence-corrected chi connectivity index (χ1v) is 7.44. The summed E-state index contributed by atoms with van der Waals surface area (Å²) in [6, 6.07) is 0. The largest absolute Gasteiger partial charge is 0.394 e. The molecule has 1 aliphatic carbocycles. The van der Waals surface area contributed by atoms with E-state index >= 15 is 0 Å². The molecule has 2 aliphatic rings. The highest BCUT2D eigenvalue weighted by molar-refractivity contribution is 5.82. The number of nitrogens with zero attached hydrogens (tertiary/aromatic N) is 1. The molecule has 0 aromatic carbocycles. The summed E-state index contributed by atoms with van der Waals surface area (Å²) in [6.45, 7) is 7.19. The number of ether oxygens (including phenoxy) is 1. The molecule has 0 spiro atoms. The van der Waals surface area contributed by atoms with Crippen molar-refractivity contribution in [1.29, 1.82) is 0 Å². The van der Waals surface area contributed by atoms with E-state index in [0.717, 1.165) is 25.7 Å². The van der Waals surface area contributed by atoms with Crippen molar-refractivity contribution < 1.29 is 14.6 Å². The van der Waals surface area contributed by atoms with Crippen LogP contribution in [0.1, 0.15) is 52.9 Å². The molecule has 1 heterocycles. The lowest BCUT2D eigenvalue weighted by Gasteiger charge is -2.46. The maximum absolute atomic E-state index is 12.8.